The molecule has 4 heteroatoms. The molecule has 0 radical (unpaired) electrons. The Bertz CT molecular complexity index is 624. The number of carbonyl (C=O) groups is 1. The highest BCUT2D eigenvalue weighted by Gasteiger charge is 2.30. The van der Waals surface area contributed by atoms with Gasteiger partial charge in [0.2, 0.25) is 0 Å². The maximum absolute atomic E-state index is 13.6. The summed E-state index contributed by atoms with van der Waals surface area (Å²) in [5.74, 6) is -1.87. The molecule has 17 heavy (non-hydrogen) atoms. The van der Waals surface area contributed by atoms with Gasteiger partial charge < -0.3 is 5.11 Å². The lowest BCUT2D eigenvalue weighted by atomic mass is 10.1. The molecule has 0 amide bonds. The molecule has 0 fully saturated rings. The minimum atomic E-state index is -0.882. The summed E-state index contributed by atoms with van der Waals surface area (Å²) in [5, 5.41) is 9.80. The monoisotopic (exact) mass is 231 g/mol. The second kappa shape index (κ2) is 3.52. The number of nitrogens with zero attached hydrogens (tertiary/aromatic N) is 1. The topological polar surface area (TPSA) is 50.2 Å². The number of hydrogen-bond acceptors (Lipinski definition) is 2. The first-order valence-electron chi connectivity index (χ1n) is 5.47. The van der Waals surface area contributed by atoms with Crippen LogP contribution in [0.3, 0.4) is 0 Å². The van der Waals surface area contributed by atoms with E-state index in [-0.39, 0.29) is 5.52 Å². The summed E-state index contributed by atoms with van der Waals surface area (Å²) in [6.45, 7) is 0. The predicted molar refractivity (Wildman–Crippen MR) is 60.4 cm³/mol. The summed E-state index contributed by atoms with van der Waals surface area (Å²) in [4.78, 5) is 15.3. The Morgan fingerprint density at radius 1 is 1.47 bits per heavy atom. The second-order valence-electron chi connectivity index (χ2n) is 4.27. The Kier molecular flexibility index (Phi) is 2.11. The van der Waals surface area contributed by atoms with Crippen molar-refractivity contribution in [3.05, 3.63) is 41.3 Å². The number of carboxylic acid groups (broad SMARTS) is 1. The van der Waals surface area contributed by atoms with Crippen LogP contribution in [0.25, 0.3) is 10.9 Å². The van der Waals surface area contributed by atoms with Gasteiger partial charge in [-0.15, -0.1) is 0 Å². The quantitative estimate of drug-likeness (QED) is 0.820. The molecule has 0 spiro atoms. The smallest absolute Gasteiger partial charge is 0.312 e. The Labute approximate surface area is 96.9 Å². The normalized spacial score (nSPS) is 18.3. The van der Waals surface area contributed by atoms with Crippen molar-refractivity contribution in [2.24, 2.45) is 0 Å². The van der Waals surface area contributed by atoms with Gasteiger partial charge in [-0.3, -0.25) is 4.79 Å². The Balaban J connectivity index is 2.27. The lowest BCUT2D eigenvalue weighted by Gasteiger charge is -2.07. The number of hydrogen-bond donors (Lipinski definition) is 1. The van der Waals surface area contributed by atoms with Crippen molar-refractivity contribution in [3.8, 4) is 0 Å². The number of rotatable bonds is 1. The molecule has 1 atom stereocenters. The van der Waals surface area contributed by atoms with Gasteiger partial charge in [0.25, 0.3) is 0 Å². The molecule has 1 heterocycles. The number of aliphatic carboxylic acids is 1. The Morgan fingerprint density at radius 3 is 3.06 bits per heavy atom. The van der Waals surface area contributed by atoms with E-state index >= 15 is 0 Å². The largest absolute Gasteiger partial charge is 0.481 e. The lowest BCUT2D eigenvalue weighted by molar-refractivity contribution is -0.138. The van der Waals surface area contributed by atoms with Crippen LogP contribution in [0.15, 0.2) is 24.3 Å². The molecule has 86 valence electrons. The first-order valence-corrected chi connectivity index (χ1v) is 5.47. The molecule has 3 nitrogen and oxygen atoms in total. The van der Waals surface area contributed by atoms with Crippen LogP contribution in [0.2, 0.25) is 0 Å². The predicted octanol–water partition coefficient (Wildman–Crippen LogP) is 2.49. The third-order valence-corrected chi connectivity index (χ3v) is 3.24. The summed E-state index contributed by atoms with van der Waals surface area (Å²) < 4.78 is 13.6. The van der Waals surface area contributed by atoms with Gasteiger partial charge in [-0.25, -0.2) is 9.37 Å². The van der Waals surface area contributed by atoms with Crippen molar-refractivity contribution in [1.29, 1.82) is 0 Å². The van der Waals surface area contributed by atoms with Crippen LogP contribution in [0.1, 0.15) is 23.6 Å². The van der Waals surface area contributed by atoms with E-state index in [0.717, 1.165) is 10.9 Å². The van der Waals surface area contributed by atoms with E-state index in [9.17, 15) is 9.18 Å². The van der Waals surface area contributed by atoms with Gasteiger partial charge in [-0.05, 0) is 30.5 Å². The van der Waals surface area contributed by atoms with Gasteiger partial charge in [0.15, 0.2) is 0 Å². The number of fused-ring (bicyclic) bond motifs is 2. The molecule has 0 saturated heterocycles. The summed E-state index contributed by atoms with van der Waals surface area (Å²) >= 11 is 0. The van der Waals surface area contributed by atoms with Crippen molar-refractivity contribution in [1.82, 2.24) is 4.98 Å². The molecule has 1 unspecified atom stereocenters. The van der Waals surface area contributed by atoms with Crippen molar-refractivity contribution in [2.45, 2.75) is 18.8 Å². The molecule has 1 N–H and O–H groups in total. The highest BCUT2D eigenvalue weighted by molar-refractivity contribution is 5.83. The third-order valence-electron chi connectivity index (χ3n) is 3.24. The number of benzene rings is 1. The van der Waals surface area contributed by atoms with Gasteiger partial charge >= 0.3 is 5.97 Å². The number of halogens is 1. The van der Waals surface area contributed by atoms with E-state index < -0.39 is 17.7 Å². The maximum atomic E-state index is 13.6. The van der Waals surface area contributed by atoms with Crippen LogP contribution in [0.5, 0.6) is 0 Å². The molecule has 0 aliphatic heterocycles. The van der Waals surface area contributed by atoms with Gasteiger partial charge in [-0.1, -0.05) is 12.1 Å². The van der Waals surface area contributed by atoms with Gasteiger partial charge in [-0.2, -0.15) is 0 Å². The highest BCUT2D eigenvalue weighted by atomic mass is 19.1. The summed E-state index contributed by atoms with van der Waals surface area (Å²) in [6.07, 6.45) is 1.25. The molecule has 1 aliphatic carbocycles. The van der Waals surface area contributed by atoms with Crippen LogP contribution in [-0.2, 0) is 11.2 Å². The molecule has 3 rings (SSSR count). The van der Waals surface area contributed by atoms with Crippen LogP contribution in [-0.4, -0.2) is 16.1 Å². The van der Waals surface area contributed by atoms with E-state index in [1.54, 1.807) is 12.1 Å². The molecule has 1 aromatic carbocycles. The number of aryl methyl sites for hydroxylation is 1. The van der Waals surface area contributed by atoms with Crippen LogP contribution >= 0.6 is 0 Å². The fraction of sp³-hybridized carbons (Fsp3) is 0.231. The van der Waals surface area contributed by atoms with Gasteiger partial charge in [0, 0.05) is 5.39 Å². The van der Waals surface area contributed by atoms with Crippen molar-refractivity contribution < 1.29 is 14.3 Å². The van der Waals surface area contributed by atoms with E-state index in [1.807, 2.05) is 6.07 Å². The molecule has 0 bridgehead atoms. The first-order chi connectivity index (χ1) is 8.16. The number of aromatic nitrogens is 1. The maximum Gasteiger partial charge on any atom is 0.312 e. The van der Waals surface area contributed by atoms with Crippen molar-refractivity contribution >= 4 is 16.9 Å². The Morgan fingerprint density at radius 2 is 2.29 bits per heavy atom. The van der Waals surface area contributed by atoms with Crippen LogP contribution < -0.4 is 0 Å². The highest BCUT2D eigenvalue weighted by Crippen LogP contribution is 2.34. The number of para-hydroxylation sites is 1. The number of pyridine rings is 1. The average Bonchev–Trinajstić information content (AvgIpc) is 2.70. The standard InChI is InChI=1S/C13H10FNO2/c14-10-3-1-2-7-6-8-4-5-9(13(16)17)11(8)15-12(7)10/h1-3,6,9H,4-5H2,(H,16,17). The summed E-state index contributed by atoms with van der Waals surface area (Å²) in [6, 6.07) is 6.62. The van der Waals surface area contributed by atoms with E-state index in [0.29, 0.717) is 18.5 Å². The fourth-order valence-electron chi connectivity index (χ4n) is 2.40. The summed E-state index contributed by atoms with van der Waals surface area (Å²) in [5.41, 5.74) is 1.71. The van der Waals surface area contributed by atoms with E-state index in [4.69, 9.17) is 5.11 Å². The molecule has 1 aromatic heterocycles. The first kappa shape index (κ1) is 10.2. The van der Waals surface area contributed by atoms with Gasteiger partial charge in [0.05, 0.1) is 11.6 Å². The molecule has 2 aromatic rings. The molecular formula is C13H10FNO2. The number of carboxylic acids is 1. The third kappa shape index (κ3) is 1.48. The zero-order valence-electron chi connectivity index (χ0n) is 8.98. The van der Waals surface area contributed by atoms with Crippen LogP contribution in [0.4, 0.5) is 4.39 Å². The zero-order chi connectivity index (χ0) is 12.0. The second-order valence-corrected chi connectivity index (χ2v) is 4.27. The SMILES string of the molecule is O=C(O)C1CCc2cc3cccc(F)c3nc21. The molecule has 1 aliphatic rings. The minimum Gasteiger partial charge on any atom is -0.481 e. The molecular weight excluding hydrogens is 221 g/mol. The minimum absolute atomic E-state index is 0.263. The van der Waals surface area contributed by atoms with Gasteiger partial charge in [0.1, 0.15) is 11.3 Å². The Hall–Kier alpha value is -1.97. The zero-order valence-corrected chi connectivity index (χ0v) is 8.98. The summed E-state index contributed by atoms with van der Waals surface area (Å²) in [7, 11) is 0. The average molecular weight is 231 g/mol. The van der Waals surface area contributed by atoms with Crippen molar-refractivity contribution in [3.63, 3.8) is 0 Å². The molecule has 0 saturated carbocycles. The van der Waals surface area contributed by atoms with E-state index in [1.165, 1.54) is 6.07 Å². The fourth-order valence-corrected chi connectivity index (χ4v) is 2.40. The van der Waals surface area contributed by atoms with E-state index in [2.05, 4.69) is 4.98 Å². The van der Waals surface area contributed by atoms with Crippen molar-refractivity contribution in [2.75, 3.05) is 0 Å². The lowest BCUT2D eigenvalue weighted by Crippen LogP contribution is -2.09. The van der Waals surface area contributed by atoms with Crippen LogP contribution in [0, 0.1) is 5.82 Å².